The van der Waals surface area contributed by atoms with Crippen molar-refractivity contribution in [2.24, 2.45) is 5.92 Å². The quantitative estimate of drug-likeness (QED) is 0.341. The third kappa shape index (κ3) is 5.17. The minimum absolute atomic E-state index is 0.0688. The summed E-state index contributed by atoms with van der Waals surface area (Å²) < 4.78 is 0. The van der Waals surface area contributed by atoms with E-state index in [1.807, 2.05) is 25.1 Å². The smallest absolute Gasteiger partial charge is 0.166 e. The Morgan fingerprint density at radius 3 is 2.44 bits per heavy atom. The summed E-state index contributed by atoms with van der Waals surface area (Å²) >= 11 is 12.4. The molecule has 1 saturated carbocycles. The van der Waals surface area contributed by atoms with Crippen molar-refractivity contribution < 1.29 is 9.90 Å². The number of carbonyl (C=O) groups is 1. The molecule has 1 aliphatic rings. The predicted octanol–water partition coefficient (Wildman–Crippen LogP) is 7.04. The number of Topliss-reactive ketones (excluding diaryl/α,β-unsaturated/α-hetero) is 1. The van der Waals surface area contributed by atoms with Crippen LogP contribution in [0.2, 0.25) is 10.0 Å². The highest BCUT2D eigenvalue weighted by Crippen LogP contribution is 2.40. The number of nitrogens with one attached hydrogen (secondary N) is 1. The number of carbonyl (C=O) groups excluding carboxylic acids is 1. The Morgan fingerprint density at radius 2 is 1.82 bits per heavy atom. The Labute approximate surface area is 211 Å². The van der Waals surface area contributed by atoms with Crippen molar-refractivity contribution in [3.63, 3.8) is 0 Å². The highest BCUT2D eigenvalue weighted by Gasteiger charge is 2.24. The normalized spacial score (nSPS) is 18.4. The van der Waals surface area contributed by atoms with Crippen LogP contribution in [0, 0.1) is 5.92 Å². The maximum Gasteiger partial charge on any atom is 0.166 e. The molecule has 7 heteroatoms. The second-order valence-corrected chi connectivity index (χ2v) is 10.3. The molecule has 0 aliphatic heterocycles. The summed E-state index contributed by atoms with van der Waals surface area (Å²) in [5.41, 5.74) is 3.84. The number of para-hydroxylation sites is 1. The van der Waals surface area contributed by atoms with Crippen LogP contribution in [0.15, 0.2) is 36.5 Å². The minimum Gasteiger partial charge on any atom is -0.505 e. The first-order valence-electron chi connectivity index (χ1n) is 11.8. The number of halogens is 2. The van der Waals surface area contributed by atoms with E-state index in [2.05, 4.69) is 24.3 Å². The molecule has 1 heterocycles. The first-order valence-corrected chi connectivity index (χ1v) is 12.6. The van der Waals surface area contributed by atoms with Gasteiger partial charge < -0.3 is 15.3 Å². The molecular weight excluding hydrogens is 469 g/mol. The standard InChI is InChI=1S/C27H31Cl2N3O2/c1-4-24(33)21-14-30-25-19(17-12-22(28)27(34)23(29)13-17)6-5-7-20(25)26(21)31-18-10-8-16(9-11-18)15-32(2)3/h5-7,12-14,16,18,34H,4,8-11,15H2,1-3H3,(H,30,31). The average Bonchev–Trinajstić information content (AvgIpc) is 2.82. The number of hydrogen-bond donors (Lipinski definition) is 2. The van der Waals surface area contributed by atoms with E-state index in [4.69, 9.17) is 28.2 Å². The molecule has 180 valence electrons. The Balaban J connectivity index is 1.74. The predicted molar refractivity (Wildman–Crippen MR) is 141 cm³/mol. The van der Waals surface area contributed by atoms with Crippen LogP contribution in [0.25, 0.3) is 22.0 Å². The fourth-order valence-corrected chi connectivity index (χ4v) is 5.43. The Hall–Kier alpha value is -2.34. The third-order valence-electron chi connectivity index (χ3n) is 6.67. The van der Waals surface area contributed by atoms with Crippen molar-refractivity contribution in [1.82, 2.24) is 9.88 Å². The monoisotopic (exact) mass is 499 g/mol. The van der Waals surface area contributed by atoms with Crippen LogP contribution in [0.4, 0.5) is 5.69 Å². The number of pyridine rings is 1. The van der Waals surface area contributed by atoms with Crippen LogP contribution in [-0.4, -0.2) is 47.5 Å². The van der Waals surface area contributed by atoms with Gasteiger partial charge in [0.1, 0.15) is 0 Å². The zero-order valence-corrected chi connectivity index (χ0v) is 21.4. The zero-order chi connectivity index (χ0) is 24.4. The van der Waals surface area contributed by atoms with Crippen molar-refractivity contribution >= 4 is 45.6 Å². The van der Waals surface area contributed by atoms with Crippen LogP contribution < -0.4 is 5.32 Å². The van der Waals surface area contributed by atoms with Gasteiger partial charge in [-0.05, 0) is 63.4 Å². The zero-order valence-electron chi connectivity index (χ0n) is 19.9. The summed E-state index contributed by atoms with van der Waals surface area (Å²) in [4.78, 5) is 19.8. The molecule has 0 spiro atoms. The Kier molecular flexibility index (Phi) is 7.66. The molecule has 4 rings (SSSR count). The van der Waals surface area contributed by atoms with E-state index in [1.165, 1.54) is 12.8 Å². The van der Waals surface area contributed by atoms with Crippen molar-refractivity contribution in [2.45, 2.75) is 45.1 Å². The summed E-state index contributed by atoms with van der Waals surface area (Å²) in [5, 5.41) is 15.0. The highest BCUT2D eigenvalue weighted by atomic mass is 35.5. The number of ketones is 1. The molecule has 3 aromatic rings. The van der Waals surface area contributed by atoms with Gasteiger partial charge in [-0.3, -0.25) is 9.78 Å². The highest BCUT2D eigenvalue weighted by molar-refractivity contribution is 6.37. The first kappa shape index (κ1) is 24.8. The van der Waals surface area contributed by atoms with Gasteiger partial charge in [-0.1, -0.05) is 48.3 Å². The van der Waals surface area contributed by atoms with Crippen molar-refractivity contribution in [1.29, 1.82) is 0 Å². The Bertz CT molecular complexity index is 1180. The lowest BCUT2D eigenvalue weighted by Gasteiger charge is -2.32. The molecular formula is C27H31Cl2N3O2. The third-order valence-corrected chi connectivity index (χ3v) is 7.24. The molecule has 1 fully saturated rings. The number of rotatable bonds is 7. The average molecular weight is 500 g/mol. The molecule has 5 nitrogen and oxygen atoms in total. The van der Waals surface area contributed by atoms with Crippen LogP contribution >= 0.6 is 23.2 Å². The SMILES string of the molecule is CCC(=O)c1cnc2c(-c3cc(Cl)c(O)c(Cl)c3)cccc2c1NC1CCC(CN(C)C)CC1. The lowest BCUT2D eigenvalue weighted by Crippen LogP contribution is -2.31. The number of anilines is 1. The van der Waals surface area contributed by atoms with E-state index < -0.39 is 0 Å². The molecule has 1 aromatic heterocycles. The minimum atomic E-state index is -0.136. The maximum atomic E-state index is 12.8. The number of nitrogens with zero attached hydrogens (tertiary/aromatic N) is 2. The molecule has 0 radical (unpaired) electrons. The second-order valence-electron chi connectivity index (χ2n) is 9.44. The number of phenols is 1. The molecule has 34 heavy (non-hydrogen) atoms. The molecule has 2 N–H and O–H groups in total. The molecule has 0 saturated heterocycles. The summed E-state index contributed by atoms with van der Waals surface area (Å²) in [6.45, 7) is 2.99. The van der Waals surface area contributed by atoms with E-state index in [0.29, 0.717) is 18.0 Å². The topological polar surface area (TPSA) is 65.5 Å². The van der Waals surface area contributed by atoms with Gasteiger partial charge >= 0.3 is 0 Å². The molecule has 0 amide bonds. The molecule has 0 unspecified atom stereocenters. The van der Waals surface area contributed by atoms with Crippen LogP contribution in [-0.2, 0) is 0 Å². The van der Waals surface area contributed by atoms with Crippen LogP contribution in [0.5, 0.6) is 5.75 Å². The molecule has 0 atom stereocenters. The van der Waals surface area contributed by atoms with Gasteiger partial charge in [0, 0.05) is 36.2 Å². The summed E-state index contributed by atoms with van der Waals surface area (Å²) in [6.07, 6.45) is 6.59. The Morgan fingerprint density at radius 1 is 1.15 bits per heavy atom. The fraction of sp³-hybridized carbons (Fsp3) is 0.407. The number of aromatic nitrogens is 1. The van der Waals surface area contributed by atoms with Crippen LogP contribution in [0.3, 0.4) is 0 Å². The fourth-order valence-electron chi connectivity index (χ4n) is 4.94. The molecule has 0 bridgehead atoms. The first-order chi connectivity index (χ1) is 16.3. The summed E-state index contributed by atoms with van der Waals surface area (Å²) in [5.74, 6) is 0.650. The van der Waals surface area contributed by atoms with Gasteiger partial charge in [0.2, 0.25) is 0 Å². The van der Waals surface area contributed by atoms with Crippen LogP contribution in [0.1, 0.15) is 49.4 Å². The van der Waals surface area contributed by atoms with Crippen molar-refractivity contribution in [2.75, 3.05) is 26.0 Å². The van der Waals surface area contributed by atoms with E-state index in [1.54, 1.807) is 18.3 Å². The lowest BCUT2D eigenvalue weighted by molar-refractivity contribution is 0.0988. The number of phenolic OH excluding ortho intramolecular Hbond substituents is 1. The largest absolute Gasteiger partial charge is 0.505 e. The van der Waals surface area contributed by atoms with Gasteiger partial charge in [0.15, 0.2) is 11.5 Å². The lowest BCUT2D eigenvalue weighted by atomic mass is 9.85. The molecule has 1 aliphatic carbocycles. The van der Waals surface area contributed by atoms with Crippen molar-refractivity contribution in [3.8, 4) is 16.9 Å². The van der Waals surface area contributed by atoms with E-state index in [-0.39, 0.29) is 21.6 Å². The summed E-state index contributed by atoms with van der Waals surface area (Å²) in [6, 6.07) is 9.59. The van der Waals surface area contributed by atoms with Gasteiger partial charge in [0.05, 0.1) is 26.8 Å². The van der Waals surface area contributed by atoms with E-state index >= 15 is 0 Å². The number of aromatic hydroxyl groups is 1. The summed E-state index contributed by atoms with van der Waals surface area (Å²) in [7, 11) is 4.25. The van der Waals surface area contributed by atoms with Gasteiger partial charge in [0.25, 0.3) is 0 Å². The van der Waals surface area contributed by atoms with Gasteiger partial charge in [-0.2, -0.15) is 0 Å². The maximum absolute atomic E-state index is 12.8. The number of benzene rings is 2. The molecule has 2 aromatic carbocycles. The van der Waals surface area contributed by atoms with E-state index in [9.17, 15) is 9.90 Å². The number of hydrogen-bond acceptors (Lipinski definition) is 5. The number of fused-ring (bicyclic) bond motifs is 1. The van der Waals surface area contributed by atoms with Crippen molar-refractivity contribution in [3.05, 3.63) is 52.1 Å². The van der Waals surface area contributed by atoms with Gasteiger partial charge in [-0.15, -0.1) is 0 Å². The second kappa shape index (κ2) is 10.5. The van der Waals surface area contributed by atoms with Gasteiger partial charge in [-0.25, -0.2) is 0 Å². The van der Waals surface area contributed by atoms with E-state index in [0.717, 1.165) is 53.0 Å².